The third-order valence-electron chi connectivity index (χ3n) is 6.39. The lowest BCUT2D eigenvalue weighted by Gasteiger charge is -2.29. The number of hydrogen-bond donors (Lipinski definition) is 1. The van der Waals surface area contributed by atoms with Crippen LogP contribution in [0.1, 0.15) is 46.4 Å². The van der Waals surface area contributed by atoms with Crippen molar-refractivity contribution in [2.75, 3.05) is 49.9 Å². The van der Waals surface area contributed by atoms with Crippen LogP contribution in [0.2, 0.25) is 0 Å². The van der Waals surface area contributed by atoms with Gasteiger partial charge in [-0.15, -0.1) is 11.8 Å². The predicted molar refractivity (Wildman–Crippen MR) is 141 cm³/mol. The molecule has 0 bridgehead atoms. The first-order chi connectivity index (χ1) is 18.4. The first-order valence-corrected chi connectivity index (χ1v) is 13.4. The molecule has 0 aliphatic carbocycles. The molecule has 1 atom stereocenters. The molecule has 38 heavy (non-hydrogen) atoms. The predicted octanol–water partition coefficient (Wildman–Crippen LogP) is 3.02. The van der Waals surface area contributed by atoms with Gasteiger partial charge >= 0.3 is 6.03 Å². The fraction of sp³-hybridized carbons (Fsp3) is 0.462. The molecule has 2 aromatic rings. The zero-order chi connectivity index (χ0) is 27.1. The SMILES string of the molecule is COCCSc1cc(NC(=O)N2CCCc3cc(CN(C)C(=O)[C@H]4CCCO4)c(C=O)nc32)ncc1C#N. The lowest BCUT2D eigenvalue weighted by atomic mass is 10.0. The Morgan fingerprint density at radius 3 is 2.95 bits per heavy atom. The third-order valence-corrected chi connectivity index (χ3v) is 7.41. The monoisotopic (exact) mass is 538 g/mol. The van der Waals surface area contributed by atoms with Crippen molar-refractivity contribution in [1.82, 2.24) is 14.9 Å². The van der Waals surface area contributed by atoms with Gasteiger partial charge < -0.3 is 14.4 Å². The van der Waals surface area contributed by atoms with Crippen molar-refractivity contribution < 1.29 is 23.9 Å². The maximum atomic E-state index is 13.2. The molecule has 0 saturated carbocycles. The number of aryl methyl sites for hydroxylation is 1. The molecule has 1 fully saturated rings. The fourth-order valence-corrected chi connectivity index (χ4v) is 5.38. The van der Waals surface area contributed by atoms with Gasteiger partial charge in [0.15, 0.2) is 6.29 Å². The summed E-state index contributed by atoms with van der Waals surface area (Å²) in [5.41, 5.74) is 2.05. The Balaban J connectivity index is 1.51. The van der Waals surface area contributed by atoms with E-state index in [-0.39, 0.29) is 18.1 Å². The van der Waals surface area contributed by atoms with Crippen LogP contribution in [0.3, 0.4) is 0 Å². The van der Waals surface area contributed by atoms with Gasteiger partial charge in [0, 0.05) is 56.3 Å². The number of fused-ring (bicyclic) bond motifs is 1. The number of carbonyl (C=O) groups excluding carboxylic acids is 3. The Morgan fingerprint density at radius 2 is 2.24 bits per heavy atom. The van der Waals surface area contributed by atoms with Crippen molar-refractivity contribution in [2.24, 2.45) is 0 Å². The minimum atomic E-state index is -0.445. The molecule has 0 aromatic carbocycles. The van der Waals surface area contributed by atoms with Crippen LogP contribution >= 0.6 is 11.8 Å². The van der Waals surface area contributed by atoms with E-state index in [2.05, 4.69) is 21.4 Å². The lowest BCUT2D eigenvalue weighted by Crippen LogP contribution is -2.40. The minimum absolute atomic E-state index is 0.118. The molecule has 4 heterocycles. The Bertz CT molecular complexity index is 1240. The number of ether oxygens (including phenoxy) is 2. The van der Waals surface area contributed by atoms with Gasteiger partial charge in [0.1, 0.15) is 29.5 Å². The molecule has 2 aliphatic heterocycles. The summed E-state index contributed by atoms with van der Waals surface area (Å²) in [7, 11) is 3.29. The molecular weight excluding hydrogens is 508 g/mol. The van der Waals surface area contributed by atoms with Crippen LogP contribution in [0.5, 0.6) is 0 Å². The van der Waals surface area contributed by atoms with Gasteiger partial charge in [0.25, 0.3) is 5.91 Å². The lowest BCUT2D eigenvalue weighted by molar-refractivity contribution is -0.140. The van der Waals surface area contributed by atoms with Gasteiger partial charge in [-0.2, -0.15) is 5.26 Å². The molecule has 2 aliphatic rings. The van der Waals surface area contributed by atoms with Gasteiger partial charge in [-0.25, -0.2) is 14.8 Å². The number of thioether (sulfide) groups is 1. The zero-order valence-electron chi connectivity index (χ0n) is 21.4. The van der Waals surface area contributed by atoms with Crippen LogP contribution in [0.4, 0.5) is 16.4 Å². The van der Waals surface area contributed by atoms with Gasteiger partial charge in [-0.05, 0) is 43.4 Å². The highest BCUT2D eigenvalue weighted by Crippen LogP contribution is 2.29. The fourth-order valence-electron chi connectivity index (χ4n) is 4.46. The summed E-state index contributed by atoms with van der Waals surface area (Å²) in [5, 5.41) is 12.2. The molecule has 11 nitrogen and oxygen atoms in total. The van der Waals surface area contributed by atoms with Crippen LogP contribution in [0.15, 0.2) is 23.2 Å². The van der Waals surface area contributed by atoms with Crippen molar-refractivity contribution in [2.45, 2.75) is 43.2 Å². The average molecular weight is 539 g/mol. The van der Waals surface area contributed by atoms with Crippen LogP contribution in [-0.2, 0) is 27.2 Å². The number of rotatable bonds is 9. The van der Waals surface area contributed by atoms with Crippen LogP contribution < -0.4 is 10.2 Å². The summed E-state index contributed by atoms with van der Waals surface area (Å²) in [5.74, 6) is 1.25. The number of nitrogens with zero attached hydrogens (tertiary/aromatic N) is 5. The summed E-state index contributed by atoms with van der Waals surface area (Å²) < 4.78 is 10.6. The number of methoxy groups -OCH3 is 1. The number of pyridine rings is 2. The highest BCUT2D eigenvalue weighted by Gasteiger charge is 2.29. The van der Waals surface area contributed by atoms with Crippen molar-refractivity contribution in [1.29, 1.82) is 5.26 Å². The Kier molecular flexibility index (Phi) is 9.28. The number of carbonyl (C=O) groups is 3. The first-order valence-electron chi connectivity index (χ1n) is 12.4. The minimum Gasteiger partial charge on any atom is -0.384 e. The molecule has 2 aromatic heterocycles. The van der Waals surface area contributed by atoms with Gasteiger partial charge in [0.2, 0.25) is 0 Å². The van der Waals surface area contributed by atoms with Crippen LogP contribution in [0.25, 0.3) is 0 Å². The molecule has 0 spiro atoms. The highest BCUT2D eigenvalue weighted by molar-refractivity contribution is 7.99. The van der Waals surface area contributed by atoms with E-state index in [4.69, 9.17) is 9.47 Å². The van der Waals surface area contributed by atoms with Crippen LogP contribution in [0, 0.1) is 11.3 Å². The van der Waals surface area contributed by atoms with Crippen molar-refractivity contribution in [3.05, 3.63) is 40.7 Å². The maximum Gasteiger partial charge on any atom is 0.328 e. The van der Waals surface area contributed by atoms with Crippen molar-refractivity contribution in [3.63, 3.8) is 0 Å². The molecule has 0 unspecified atom stereocenters. The molecule has 4 rings (SSSR count). The normalized spacial score (nSPS) is 16.4. The summed E-state index contributed by atoms with van der Waals surface area (Å²) in [4.78, 5) is 50.4. The second kappa shape index (κ2) is 12.8. The third kappa shape index (κ3) is 6.30. The van der Waals surface area contributed by atoms with Crippen molar-refractivity contribution in [3.8, 4) is 6.07 Å². The number of amides is 3. The molecule has 0 radical (unpaired) electrons. The van der Waals surface area contributed by atoms with E-state index in [0.29, 0.717) is 78.7 Å². The topological polar surface area (TPSA) is 138 Å². The zero-order valence-corrected chi connectivity index (χ0v) is 22.3. The summed E-state index contributed by atoms with van der Waals surface area (Å²) in [6, 6.07) is 5.20. The standard InChI is InChI=1S/C26H30N6O5S/c1-31(25(34)21-6-4-8-37-21)15-18-11-17-5-3-7-32(24(17)29-20(18)16-33)26(35)30-23-12-22(38-10-9-36-2)19(13-27)14-28-23/h11-12,14,16,21H,3-10,15H2,1-2H3,(H,28,30,35)/t21-/m1/s1. The van der Waals surface area contributed by atoms with E-state index in [9.17, 15) is 19.6 Å². The molecule has 200 valence electrons. The first kappa shape index (κ1) is 27.5. The summed E-state index contributed by atoms with van der Waals surface area (Å²) >= 11 is 1.44. The quantitative estimate of drug-likeness (QED) is 0.290. The number of aldehydes is 1. The van der Waals surface area contributed by atoms with E-state index >= 15 is 0 Å². The van der Waals surface area contributed by atoms with Gasteiger partial charge in [0.05, 0.1) is 12.2 Å². The van der Waals surface area contributed by atoms with E-state index in [0.717, 1.165) is 12.0 Å². The Morgan fingerprint density at radius 1 is 1.39 bits per heavy atom. The summed E-state index contributed by atoms with van der Waals surface area (Å²) in [6.07, 6.45) is 4.59. The summed E-state index contributed by atoms with van der Waals surface area (Å²) in [6.45, 7) is 1.74. The molecule has 1 N–H and O–H groups in total. The number of nitriles is 1. The number of urea groups is 1. The van der Waals surface area contributed by atoms with Gasteiger partial charge in [-0.1, -0.05) is 0 Å². The van der Waals surface area contributed by atoms with E-state index < -0.39 is 12.1 Å². The van der Waals surface area contributed by atoms with Crippen LogP contribution in [-0.4, -0.2) is 78.9 Å². The average Bonchev–Trinajstić information content (AvgIpc) is 3.47. The second-order valence-corrected chi connectivity index (χ2v) is 10.2. The van der Waals surface area contributed by atoms with E-state index in [1.165, 1.54) is 22.9 Å². The second-order valence-electron chi connectivity index (χ2n) is 9.03. The number of hydrogen-bond acceptors (Lipinski definition) is 9. The maximum absolute atomic E-state index is 13.2. The smallest absolute Gasteiger partial charge is 0.328 e. The molecule has 12 heteroatoms. The molecular formula is C26H30N6O5S. The highest BCUT2D eigenvalue weighted by atomic mass is 32.2. The number of likely N-dealkylation sites (N-methyl/N-ethyl adjacent to an activating group) is 1. The Labute approximate surface area is 225 Å². The number of nitrogens with one attached hydrogen (secondary N) is 1. The largest absolute Gasteiger partial charge is 0.384 e. The van der Waals surface area contributed by atoms with Gasteiger partial charge in [-0.3, -0.25) is 19.8 Å². The molecule has 1 saturated heterocycles. The van der Waals surface area contributed by atoms with E-state index in [1.807, 2.05) is 6.07 Å². The Hall–Kier alpha value is -3.53. The van der Waals surface area contributed by atoms with E-state index in [1.54, 1.807) is 25.1 Å². The van der Waals surface area contributed by atoms with Crippen molar-refractivity contribution >= 4 is 41.6 Å². The molecule has 3 amide bonds. The number of anilines is 2. The number of aromatic nitrogens is 2.